The maximum atomic E-state index is 4.61. The van der Waals surface area contributed by atoms with Crippen molar-refractivity contribution in [1.29, 1.82) is 0 Å². The van der Waals surface area contributed by atoms with Crippen molar-refractivity contribution >= 4 is 17.3 Å². The third-order valence-corrected chi connectivity index (χ3v) is 6.85. The van der Waals surface area contributed by atoms with Crippen molar-refractivity contribution in [1.82, 2.24) is 25.4 Å². The number of hydrogen-bond acceptors (Lipinski definition) is 5. The fraction of sp³-hybridized carbons (Fsp3) is 0.565. The SMILES string of the molecule is CN=C(NCCCN1CCN(C)CC1c1ccccc1)NCCc1nc(C)c(C)s1. The van der Waals surface area contributed by atoms with E-state index in [2.05, 4.69) is 81.6 Å². The first-order valence-corrected chi connectivity index (χ1v) is 11.7. The van der Waals surface area contributed by atoms with Gasteiger partial charge in [-0.1, -0.05) is 30.3 Å². The first-order valence-electron chi connectivity index (χ1n) is 10.9. The van der Waals surface area contributed by atoms with Gasteiger partial charge in [-0.25, -0.2) is 4.98 Å². The number of hydrogen-bond donors (Lipinski definition) is 2. The number of aliphatic imine (C=N–C) groups is 1. The molecule has 2 aromatic rings. The summed E-state index contributed by atoms with van der Waals surface area (Å²) in [6, 6.07) is 11.4. The number of piperazine rings is 1. The Bertz CT molecular complexity index is 784. The number of benzene rings is 1. The van der Waals surface area contributed by atoms with Gasteiger partial charge in [-0.15, -0.1) is 11.3 Å². The maximum absolute atomic E-state index is 4.61. The second-order valence-corrected chi connectivity index (χ2v) is 9.29. The number of nitrogens with zero attached hydrogens (tertiary/aromatic N) is 4. The minimum Gasteiger partial charge on any atom is -0.356 e. The molecule has 164 valence electrons. The highest BCUT2D eigenvalue weighted by Crippen LogP contribution is 2.24. The molecule has 1 saturated heterocycles. The van der Waals surface area contributed by atoms with Crippen LogP contribution in [0.1, 0.15) is 33.6 Å². The summed E-state index contributed by atoms with van der Waals surface area (Å²) in [6.07, 6.45) is 2.03. The van der Waals surface area contributed by atoms with Gasteiger partial charge < -0.3 is 15.5 Å². The summed E-state index contributed by atoms with van der Waals surface area (Å²) in [6.45, 7) is 10.4. The van der Waals surface area contributed by atoms with E-state index in [4.69, 9.17) is 0 Å². The van der Waals surface area contributed by atoms with Gasteiger partial charge in [0.25, 0.3) is 0 Å². The Morgan fingerprint density at radius 1 is 1.17 bits per heavy atom. The van der Waals surface area contributed by atoms with Gasteiger partial charge >= 0.3 is 0 Å². The van der Waals surface area contributed by atoms with Gasteiger partial charge in [-0.2, -0.15) is 0 Å². The van der Waals surface area contributed by atoms with Crippen molar-refractivity contribution < 1.29 is 0 Å². The standard InChI is InChI=1S/C23H36N6S/c1-18-19(2)30-22(27-18)11-13-26-23(24-3)25-12-8-14-29-16-15-28(4)17-21(29)20-9-6-5-7-10-20/h5-7,9-10,21H,8,11-17H2,1-4H3,(H2,24,25,26). The molecule has 1 aromatic carbocycles. The van der Waals surface area contributed by atoms with Crippen LogP contribution in [0.15, 0.2) is 35.3 Å². The summed E-state index contributed by atoms with van der Waals surface area (Å²) in [5.41, 5.74) is 2.57. The van der Waals surface area contributed by atoms with E-state index < -0.39 is 0 Å². The third-order valence-electron chi connectivity index (χ3n) is 5.72. The van der Waals surface area contributed by atoms with E-state index in [1.807, 2.05) is 7.05 Å². The number of rotatable bonds is 8. The van der Waals surface area contributed by atoms with Crippen LogP contribution in [0.2, 0.25) is 0 Å². The first kappa shape index (κ1) is 22.7. The summed E-state index contributed by atoms with van der Waals surface area (Å²) in [7, 11) is 4.05. The van der Waals surface area contributed by atoms with Gasteiger partial charge in [0.05, 0.1) is 10.7 Å². The molecule has 0 spiro atoms. The predicted octanol–water partition coefficient (Wildman–Crippen LogP) is 2.85. The average Bonchev–Trinajstić information content (AvgIpc) is 3.08. The number of nitrogens with one attached hydrogen (secondary N) is 2. The Labute approximate surface area is 185 Å². The number of aromatic nitrogens is 1. The quantitative estimate of drug-likeness (QED) is 0.385. The minimum absolute atomic E-state index is 0.479. The molecule has 1 aliphatic heterocycles. The van der Waals surface area contributed by atoms with Crippen LogP contribution < -0.4 is 10.6 Å². The van der Waals surface area contributed by atoms with E-state index in [9.17, 15) is 0 Å². The van der Waals surface area contributed by atoms with Crippen molar-refractivity contribution in [3.63, 3.8) is 0 Å². The number of guanidine groups is 1. The maximum Gasteiger partial charge on any atom is 0.190 e. The van der Waals surface area contributed by atoms with Gasteiger partial charge in [0.15, 0.2) is 5.96 Å². The lowest BCUT2D eigenvalue weighted by molar-refractivity contribution is 0.0891. The molecular weight excluding hydrogens is 392 g/mol. The smallest absolute Gasteiger partial charge is 0.190 e. The molecule has 1 aromatic heterocycles. The zero-order valence-corrected chi connectivity index (χ0v) is 19.6. The molecule has 3 rings (SSSR count). The van der Waals surface area contributed by atoms with Crippen molar-refractivity contribution in [2.24, 2.45) is 4.99 Å². The molecule has 2 N–H and O–H groups in total. The molecular formula is C23H36N6S. The largest absolute Gasteiger partial charge is 0.356 e. The summed E-state index contributed by atoms with van der Waals surface area (Å²) in [5.74, 6) is 0.873. The van der Waals surface area contributed by atoms with Crippen molar-refractivity contribution in [3.05, 3.63) is 51.5 Å². The highest BCUT2D eigenvalue weighted by molar-refractivity contribution is 7.11. The summed E-state index contributed by atoms with van der Waals surface area (Å²) in [4.78, 5) is 15.3. The molecule has 1 aliphatic rings. The van der Waals surface area contributed by atoms with Crippen LogP contribution in [0.25, 0.3) is 0 Å². The molecule has 1 fully saturated rings. The molecule has 7 heteroatoms. The molecule has 2 heterocycles. The number of aryl methyl sites for hydroxylation is 2. The molecule has 0 bridgehead atoms. The fourth-order valence-electron chi connectivity index (χ4n) is 3.86. The van der Waals surface area contributed by atoms with Gasteiger partial charge in [-0.05, 0) is 32.9 Å². The molecule has 0 saturated carbocycles. The van der Waals surface area contributed by atoms with E-state index in [1.54, 1.807) is 11.3 Å². The van der Waals surface area contributed by atoms with Crippen LogP contribution in [0, 0.1) is 13.8 Å². The zero-order chi connectivity index (χ0) is 21.3. The second-order valence-electron chi connectivity index (χ2n) is 8.00. The molecule has 1 atom stereocenters. The van der Waals surface area contributed by atoms with Crippen LogP contribution in [0.4, 0.5) is 0 Å². The zero-order valence-electron chi connectivity index (χ0n) is 18.8. The van der Waals surface area contributed by atoms with E-state index in [-0.39, 0.29) is 0 Å². The first-order chi connectivity index (χ1) is 14.6. The molecule has 0 amide bonds. The Morgan fingerprint density at radius 3 is 2.63 bits per heavy atom. The Kier molecular flexibility index (Phi) is 8.66. The van der Waals surface area contributed by atoms with Crippen LogP contribution in [0.5, 0.6) is 0 Å². The highest BCUT2D eigenvalue weighted by Gasteiger charge is 2.25. The van der Waals surface area contributed by atoms with Crippen molar-refractivity contribution in [3.8, 4) is 0 Å². The van der Waals surface area contributed by atoms with Crippen LogP contribution in [0.3, 0.4) is 0 Å². The molecule has 6 nitrogen and oxygen atoms in total. The number of thiazole rings is 1. The third kappa shape index (κ3) is 6.52. The normalized spacial score (nSPS) is 18.5. The lowest BCUT2D eigenvalue weighted by Crippen LogP contribution is -2.47. The summed E-state index contributed by atoms with van der Waals surface area (Å²) in [5, 5.41) is 8.06. The van der Waals surface area contributed by atoms with E-state index in [0.29, 0.717) is 6.04 Å². The topological polar surface area (TPSA) is 55.8 Å². The Morgan fingerprint density at radius 2 is 1.93 bits per heavy atom. The number of likely N-dealkylation sites (N-methyl/N-ethyl adjacent to an activating group) is 1. The average molecular weight is 429 g/mol. The monoisotopic (exact) mass is 428 g/mol. The van der Waals surface area contributed by atoms with Crippen LogP contribution >= 0.6 is 11.3 Å². The van der Waals surface area contributed by atoms with E-state index in [0.717, 1.165) is 63.8 Å². The van der Waals surface area contributed by atoms with E-state index >= 15 is 0 Å². The lowest BCUT2D eigenvalue weighted by atomic mass is 10.0. The molecule has 1 unspecified atom stereocenters. The van der Waals surface area contributed by atoms with Gasteiger partial charge in [0, 0.05) is 63.7 Å². The fourth-order valence-corrected chi connectivity index (χ4v) is 4.79. The molecule has 0 aliphatic carbocycles. The van der Waals surface area contributed by atoms with Gasteiger partial charge in [-0.3, -0.25) is 9.89 Å². The lowest BCUT2D eigenvalue weighted by Gasteiger charge is -2.40. The minimum atomic E-state index is 0.479. The molecule has 30 heavy (non-hydrogen) atoms. The van der Waals surface area contributed by atoms with Crippen molar-refractivity contribution in [2.45, 2.75) is 32.7 Å². The van der Waals surface area contributed by atoms with Gasteiger partial charge in [0.2, 0.25) is 0 Å². The summed E-state index contributed by atoms with van der Waals surface area (Å²) < 4.78 is 0. The molecule has 0 radical (unpaired) electrons. The van der Waals surface area contributed by atoms with Crippen LogP contribution in [-0.4, -0.2) is 74.1 Å². The Hall–Kier alpha value is -1.96. The Balaban J connectivity index is 1.40. The van der Waals surface area contributed by atoms with Gasteiger partial charge in [0.1, 0.15) is 0 Å². The second kappa shape index (κ2) is 11.4. The van der Waals surface area contributed by atoms with Crippen molar-refractivity contribution in [2.75, 3.05) is 53.4 Å². The highest BCUT2D eigenvalue weighted by atomic mass is 32.1. The van der Waals surface area contributed by atoms with E-state index in [1.165, 1.54) is 15.4 Å². The van der Waals surface area contributed by atoms with Crippen LogP contribution in [-0.2, 0) is 6.42 Å². The predicted molar refractivity (Wildman–Crippen MR) is 128 cm³/mol. The summed E-state index contributed by atoms with van der Waals surface area (Å²) >= 11 is 1.79.